The van der Waals surface area contributed by atoms with Gasteiger partial charge in [0.2, 0.25) is 6.29 Å². The van der Waals surface area contributed by atoms with Gasteiger partial charge >= 0.3 is 5.97 Å². The minimum Gasteiger partial charge on any atom is -0.481 e. The van der Waals surface area contributed by atoms with Crippen molar-refractivity contribution >= 4 is 18.5 Å². The summed E-state index contributed by atoms with van der Waals surface area (Å²) in [6.45, 7) is 0. The average molecular weight is 156 g/mol. The van der Waals surface area contributed by atoms with Crippen molar-refractivity contribution in [3.63, 3.8) is 0 Å². The molecule has 0 aliphatic carbocycles. The molecule has 0 aliphatic heterocycles. The van der Waals surface area contributed by atoms with Crippen molar-refractivity contribution in [1.29, 1.82) is 0 Å². The molecule has 1 N–H and O–H groups in total. The smallest absolute Gasteiger partial charge is 0.304 e. The minimum atomic E-state index is -1.05. The number of aliphatic carboxylic acids is 1. The van der Waals surface area contributed by atoms with Crippen LogP contribution in [0.5, 0.6) is 0 Å². The normalized spacial score (nSPS) is 12.0. The van der Waals surface area contributed by atoms with Crippen molar-refractivity contribution in [1.82, 2.24) is 0 Å². The van der Waals surface area contributed by atoms with E-state index in [-0.39, 0.29) is 19.3 Å². The fraction of sp³-hybridized carbons (Fsp3) is 0.571. The number of rotatable bonds is 6. The summed E-state index contributed by atoms with van der Waals surface area (Å²) >= 11 is 0. The number of carboxylic acid groups (broad SMARTS) is 1. The molecule has 0 aliphatic rings. The van der Waals surface area contributed by atoms with Crippen LogP contribution >= 0.6 is 0 Å². The Morgan fingerprint density at radius 2 is 2.09 bits per heavy atom. The van der Waals surface area contributed by atoms with Crippen LogP contribution in [0.2, 0.25) is 0 Å². The summed E-state index contributed by atoms with van der Waals surface area (Å²) in [6, 6.07) is 0. The third-order valence-electron chi connectivity index (χ3n) is 1.18. The molecule has 0 rings (SSSR count). The largest absolute Gasteiger partial charge is 0.481 e. The first-order valence-electron chi connectivity index (χ1n) is 3.15. The van der Waals surface area contributed by atoms with E-state index in [0.29, 0.717) is 0 Å². The third kappa shape index (κ3) is 5.26. The summed E-state index contributed by atoms with van der Waals surface area (Å²) in [5.74, 6) is -1.72. The van der Waals surface area contributed by atoms with Crippen molar-refractivity contribution in [3.05, 3.63) is 0 Å². The topological polar surface area (TPSA) is 71.4 Å². The molecule has 0 heterocycles. The fourth-order valence-corrected chi connectivity index (χ4v) is 0.647. The van der Waals surface area contributed by atoms with Crippen LogP contribution in [0.4, 0.5) is 0 Å². The maximum Gasteiger partial charge on any atom is 0.304 e. The van der Waals surface area contributed by atoms with Crippen LogP contribution in [0.1, 0.15) is 19.3 Å². The van der Waals surface area contributed by atoms with Crippen molar-refractivity contribution in [2.24, 2.45) is 5.92 Å². The van der Waals surface area contributed by atoms with E-state index < -0.39 is 11.9 Å². The van der Waals surface area contributed by atoms with Crippen LogP contribution < -0.4 is 0 Å². The van der Waals surface area contributed by atoms with E-state index in [0.717, 1.165) is 0 Å². The Bertz CT molecular complexity index is 153. The summed E-state index contributed by atoms with van der Waals surface area (Å²) in [5, 5.41) is 8.24. The van der Waals surface area contributed by atoms with Gasteiger partial charge in [-0.2, -0.15) is 0 Å². The number of carbonyl (C=O) groups is 1. The molecule has 4 heteroatoms. The maximum absolute atomic E-state index is 10.1. The molecule has 0 bridgehead atoms. The van der Waals surface area contributed by atoms with Gasteiger partial charge in [0.05, 0.1) is 6.42 Å². The van der Waals surface area contributed by atoms with Crippen LogP contribution in [-0.4, -0.2) is 23.6 Å². The van der Waals surface area contributed by atoms with Crippen molar-refractivity contribution in [2.75, 3.05) is 0 Å². The van der Waals surface area contributed by atoms with E-state index in [1.54, 1.807) is 12.6 Å². The number of carbonyl (C=O) groups excluding carboxylic acids is 2. The first kappa shape index (κ1) is 9.81. The Kier molecular flexibility index (Phi) is 4.98. The van der Waals surface area contributed by atoms with Gasteiger partial charge in [0, 0.05) is 12.3 Å². The lowest BCUT2D eigenvalue weighted by atomic mass is 10.0. The van der Waals surface area contributed by atoms with Gasteiger partial charge in [-0.15, -0.1) is 0 Å². The molecule has 1 unspecified atom stereocenters. The van der Waals surface area contributed by atoms with Gasteiger partial charge in [-0.3, -0.25) is 14.4 Å². The Hall–Kier alpha value is -1.19. The van der Waals surface area contributed by atoms with Gasteiger partial charge < -0.3 is 5.11 Å². The van der Waals surface area contributed by atoms with E-state index in [4.69, 9.17) is 5.11 Å². The summed E-state index contributed by atoms with van der Waals surface area (Å²) in [5.41, 5.74) is 0. The highest BCUT2D eigenvalue weighted by molar-refractivity contribution is 5.72. The predicted molar refractivity (Wildman–Crippen MR) is 36.4 cm³/mol. The second-order valence-corrected chi connectivity index (χ2v) is 2.10. The molecule has 0 aromatic carbocycles. The highest BCUT2D eigenvalue weighted by Crippen LogP contribution is 2.06. The van der Waals surface area contributed by atoms with Crippen LogP contribution in [0.3, 0.4) is 0 Å². The molecular formula is C7H8O4. The lowest BCUT2D eigenvalue weighted by Crippen LogP contribution is -2.09. The van der Waals surface area contributed by atoms with Gasteiger partial charge in [-0.05, 0) is 6.42 Å². The van der Waals surface area contributed by atoms with E-state index in [9.17, 15) is 14.4 Å². The van der Waals surface area contributed by atoms with Gasteiger partial charge in [-0.1, -0.05) is 0 Å². The van der Waals surface area contributed by atoms with Crippen molar-refractivity contribution in [2.45, 2.75) is 19.3 Å². The lowest BCUT2D eigenvalue weighted by molar-refractivity contribution is -0.137. The van der Waals surface area contributed by atoms with Gasteiger partial charge in [0.25, 0.3) is 0 Å². The SMILES string of the molecule is O=[C]CCC([C]=O)CC(=O)O. The molecule has 0 aromatic rings. The van der Waals surface area contributed by atoms with Crippen LogP contribution in [0.15, 0.2) is 0 Å². The van der Waals surface area contributed by atoms with Crippen LogP contribution in [0, 0.1) is 5.92 Å². The molecule has 0 saturated heterocycles. The highest BCUT2D eigenvalue weighted by atomic mass is 16.4. The molecule has 0 saturated carbocycles. The molecule has 0 aromatic heterocycles. The Labute approximate surface area is 64.2 Å². The standard InChI is InChI=1S/C7H8O4/c8-3-1-2-6(5-9)4-7(10)11/h6H,1-2,4H2,(H,10,11). The predicted octanol–water partition coefficient (Wildman–Crippen LogP) is 0.0769. The summed E-state index contributed by atoms with van der Waals surface area (Å²) in [6.07, 6.45) is 3.20. The average Bonchev–Trinajstić information content (AvgIpc) is 1.97. The first-order valence-corrected chi connectivity index (χ1v) is 3.15. The van der Waals surface area contributed by atoms with Crippen molar-refractivity contribution in [3.8, 4) is 0 Å². The maximum atomic E-state index is 10.1. The first-order chi connectivity index (χ1) is 5.20. The monoisotopic (exact) mass is 156 g/mol. The zero-order valence-electron chi connectivity index (χ0n) is 5.87. The number of hydrogen-bond donors (Lipinski definition) is 1. The second-order valence-electron chi connectivity index (χ2n) is 2.10. The van der Waals surface area contributed by atoms with Gasteiger partial charge in [0.1, 0.15) is 0 Å². The summed E-state index contributed by atoms with van der Waals surface area (Å²) in [7, 11) is 0. The Balaban J connectivity index is 3.65. The third-order valence-corrected chi connectivity index (χ3v) is 1.18. The summed E-state index contributed by atoms with van der Waals surface area (Å²) in [4.78, 5) is 29.8. The summed E-state index contributed by atoms with van der Waals surface area (Å²) < 4.78 is 0. The van der Waals surface area contributed by atoms with Gasteiger partial charge in [-0.25, -0.2) is 0 Å². The van der Waals surface area contributed by atoms with Crippen LogP contribution in [-0.2, 0) is 14.4 Å². The Morgan fingerprint density at radius 1 is 1.45 bits per heavy atom. The van der Waals surface area contributed by atoms with Crippen LogP contribution in [0.25, 0.3) is 0 Å². The molecule has 1 atom stereocenters. The van der Waals surface area contributed by atoms with Crippen molar-refractivity contribution < 1.29 is 19.5 Å². The Morgan fingerprint density at radius 3 is 2.45 bits per heavy atom. The quantitative estimate of drug-likeness (QED) is 0.591. The zero-order chi connectivity index (χ0) is 8.69. The molecule has 60 valence electrons. The molecule has 2 radical (unpaired) electrons. The fourth-order valence-electron chi connectivity index (χ4n) is 0.647. The highest BCUT2D eigenvalue weighted by Gasteiger charge is 2.12. The number of hydrogen-bond acceptors (Lipinski definition) is 3. The molecule has 0 amide bonds. The molecule has 0 spiro atoms. The molecular weight excluding hydrogens is 148 g/mol. The zero-order valence-corrected chi connectivity index (χ0v) is 5.87. The number of carboxylic acids is 1. The lowest BCUT2D eigenvalue weighted by Gasteiger charge is -2.00. The minimum absolute atomic E-state index is 0.0905. The molecule has 4 nitrogen and oxygen atoms in total. The van der Waals surface area contributed by atoms with E-state index in [1.165, 1.54) is 0 Å². The molecule has 11 heavy (non-hydrogen) atoms. The molecule has 0 fully saturated rings. The van der Waals surface area contributed by atoms with E-state index in [1.807, 2.05) is 0 Å². The second kappa shape index (κ2) is 5.58. The van der Waals surface area contributed by atoms with E-state index in [2.05, 4.69) is 0 Å². The van der Waals surface area contributed by atoms with Gasteiger partial charge in [0.15, 0.2) is 6.29 Å². The van der Waals surface area contributed by atoms with E-state index >= 15 is 0 Å².